The van der Waals surface area contributed by atoms with Gasteiger partial charge in [0.15, 0.2) is 0 Å². The van der Waals surface area contributed by atoms with Crippen molar-refractivity contribution in [3.05, 3.63) is 0 Å². The van der Waals surface area contributed by atoms with E-state index in [4.69, 9.17) is 15.6 Å². The van der Waals surface area contributed by atoms with Gasteiger partial charge >= 0.3 is 5.97 Å². The molecule has 3 N–H and O–H groups in total. The molecule has 0 aromatic rings. The average molecular weight is 216 g/mol. The minimum atomic E-state index is -0.965. The van der Waals surface area contributed by atoms with Gasteiger partial charge in [-0.2, -0.15) is 0 Å². The van der Waals surface area contributed by atoms with Gasteiger partial charge < -0.3 is 20.5 Å². The van der Waals surface area contributed by atoms with Crippen molar-refractivity contribution in [1.29, 1.82) is 0 Å². The predicted molar refractivity (Wildman–Crippen MR) is 52.2 cm³/mol. The Morgan fingerprint density at radius 2 is 2.33 bits per heavy atom. The fraction of sp³-hybridized carbons (Fsp3) is 0.778. The zero-order valence-electron chi connectivity index (χ0n) is 8.68. The summed E-state index contributed by atoms with van der Waals surface area (Å²) in [6.07, 6.45) is 0.483. The molecule has 0 aromatic heterocycles. The van der Waals surface area contributed by atoms with Crippen LogP contribution in [0.15, 0.2) is 0 Å². The molecule has 1 amide bonds. The summed E-state index contributed by atoms with van der Waals surface area (Å²) >= 11 is 0. The van der Waals surface area contributed by atoms with Crippen LogP contribution in [-0.2, 0) is 14.3 Å². The van der Waals surface area contributed by atoms with Crippen LogP contribution >= 0.6 is 0 Å². The van der Waals surface area contributed by atoms with Crippen molar-refractivity contribution in [2.75, 3.05) is 20.2 Å². The second kappa shape index (κ2) is 5.09. The molecule has 1 heterocycles. The third-order valence-electron chi connectivity index (χ3n) is 2.59. The second-order valence-corrected chi connectivity index (χ2v) is 3.49. The Morgan fingerprint density at radius 3 is 2.80 bits per heavy atom. The van der Waals surface area contributed by atoms with Gasteiger partial charge in [0.2, 0.25) is 0 Å². The molecule has 1 rings (SSSR count). The lowest BCUT2D eigenvalue weighted by molar-refractivity contribution is -0.152. The van der Waals surface area contributed by atoms with Crippen molar-refractivity contribution in [3.8, 4) is 0 Å². The molecule has 6 nitrogen and oxygen atoms in total. The highest BCUT2D eigenvalue weighted by molar-refractivity contribution is 5.87. The lowest BCUT2D eigenvalue weighted by atomic mass is 10.2. The number of ether oxygens (including phenoxy) is 1. The molecule has 2 atom stereocenters. The molecule has 2 unspecified atom stereocenters. The largest absolute Gasteiger partial charge is 0.480 e. The Bertz CT molecular complexity index is 252. The maximum absolute atomic E-state index is 11.8. The molecule has 15 heavy (non-hydrogen) atoms. The highest BCUT2D eigenvalue weighted by Gasteiger charge is 2.36. The number of carbonyl (C=O) groups excluding carboxylic acids is 1. The van der Waals surface area contributed by atoms with E-state index in [-0.39, 0.29) is 12.5 Å². The zero-order chi connectivity index (χ0) is 11.4. The summed E-state index contributed by atoms with van der Waals surface area (Å²) in [4.78, 5) is 24.0. The van der Waals surface area contributed by atoms with E-state index in [2.05, 4.69) is 0 Å². The maximum atomic E-state index is 11.8. The van der Waals surface area contributed by atoms with Crippen molar-refractivity contribution >= 4 is 11.9 Å². The summed E-state index contributed by atoms with van der Waals surface area (Å²) < 4.78 is 4.89. The number of carboxylic acid groups (broad SMARTS) is 1. The van der Waals surface area contributed by atoms with Gasteiger partial charge in [0.05, 0.1) is 0 Å². The number of amides is 1. The first-order valence-corrected chi connectivity index (χ1v) is 4.88. The fourth-order valence-corrected chi connectivity index (χ4v) is 1.77. The molecule has 0 aromatic carbocycles. The Kier molecular flexibility index (Phi) is 4.05. The standard InChI is InChI=1S/C9H16N2O4/c1-15-7(5-10)8(12)11-4-2-3-6(11)9(13)14/h6-7H,2-5,10H2,1H3,(H,13,14). The summed E-state index contributed by atoms with van der Waals surface area (Å²) in [7, 11) is 1.39. The number of likely N-dealkylation sites (tertiary alicyclic amines) is 1. The zero-order valence-corrected chi connectivity index (χ0v) is 8.68. The van der Waals surface area contributed by atoms with Crippen LogP contribution in [-0.4, -0.2) is 54.2 Å². The summed E-state index contributed by atoms with van der Waals surface area (Å²) in [5.74, 6) is -1.29. The Labute approximate surface area is 88.0 Å². The first-order chi connectivity index (χ1) is 7.11. The van der Waals surface area contributed by atoms with Crippen LogP contribution in [0.4, 0.5) is 0 Å². The van der Waals surface area contributed by atoms with Gasteiger partial charge in [-0.1, -0.05) is 0 Å². The quantitative estimate of drug-likeness (QED) is 0.631. The van der Waals surface area contributed by atoms with Crippen LogP contribution in [0.5, 0.6) is 0 Å². The number of nitrogens with zero attached hydrogens (tertiary/aromatic N) is 1. The van der Waals surface area contributed by atoms with Crippen molar-refractivity contribution in [2.24, 2.45) is 5.73 Å². The van der Waals surface area contributed by atoms with Gasteiger partial charge in [0.1, 0.15) is 12.1 Å². The number of rotatable bonds is 4. The molecule has 0 saturated carbocycles. The van der Waals surface area contributed by atoms with Gasteiger partial charge in [0.25, 0.3) is 5.91 Å². The molecule has 1 saturated heterocycles. The fourth-order valence-electron chi connectivity index (χ4n) is 1.77. The van der Waals surface area contributed by atoms with E-state index >= 15 is 0 Å². The van der Waals surface area contributed by atoms with E-state index < -0.39 is 18.1 Å². The van der Waals surface area contributed by atoms with E-state index in [1.807, 2.05) is 0 Å². The molecule has 1 fully saturated rings. The highest BCUT2D eigenvalue weighted by atomic mass is 16.5. The number of carboxylic acids is 1. The first-order valence-electron chi connectivity index (χ1n) is 4.88. The topological polar surface area (TPSA) is 92.9 Å². The number of methoxy groups -OCH3 is 1. The van der Waals surface area contributed by atoms with E-state index in [1.54, 1.807) is 0 Å². The summed E-state index contributed by atoms with van der Waals surface area (Å²) in [5, 5.41) is 8.89. The Balaban J connectivity index is 2.69. The first kappa shape index (κ1) is 11.9. The van der Waals surface area contributed by atoms with Gasteiger partial charge in [-0.15, -0.1) is 0 Å². The number of carbonyl (C=O) groups is 2. The van der Waals surface area contributed by atoms with Crippen LogP contribution in [0, 0.1) is 0 Å². The van der Waals surface area contributed by atoms with Crippen LogP contribution < -0.4 is 5.73 Å². The van der Waals surface area contributed by atoms with Gasteiger partial charge in [-0.05, 0) is 12.8 Å². The number of aliphatic carboxylic acids is 1. The van der Waals surface area contributed by atoms with Gasteiger partial charge in [0, 0.05) is 20.2 Å². The van der Waals surface area contributed by atoms with Gasteiger partial charge in [-0.25, -0.2) is 4.79 Å². The lowest BCUT2D eigenvalue weighted by Gasteiger charge is -2.25. The van der Waals surface area contributed by atoms with E-state index in [9.17, 15) is 9.59 Å². The number of hydrogen-bond acceptors (Lipinski definition) is 4. The van der Waals surface area contributed by atoms with E-state index in [0.29, 0.717) is 19.4 Å². The second-order valence-electron chi connectivity index (χ2n) is 3.49. The summed E-state index contributed by atoms with van der Waals surface area (Å²) in [6, 6.07) is -0.721. The Hall–Kier alpha value is -1.14. The number of nitrogens with two attached hydrogens (primary N) is 1. The van der Waals surface area contributed by atoms with Crippen LogP contribution in [0.1, 0.15) is 12.8 Å². The molecule has 6 heteroatoms. The molecule has 0 spiro atoms. The molecule has 0 aliphatic carbocycles. The monoisotopic (exact) mass is 216 g/mol. The third kappa shape index (κ3) is 2.45. The molecule has 86 valence electrons. The molecule has 1 aliphatic heterocycles. The molecular formula is C9H16N2O4. The minimum absolute atomic E-state index is 0.0676. The molecule has 0 bridgehead atoms. The van der Waals surface area contributed by atoms with E-state index in [1.165, 1.54) is 12.0 Å². The smallest absolute Gasteiger partial charge is 0.326 e. The summed E-state index contributed by atoms with van der Waals surface area (Å²) in [5.41, 5.74) is 5.35. The average Bonchev–Trinajstić information content (AvgIpc) is 2.67. The summed E-state index contributed by atoms with van der Waals surface area (Å²) in [6.45, 7) is 0.536. The Morgan fingerprint density at radius 1 is 1.67 bits per heavy atom. The molecular weight excluding hydrogens is 200 g/mol. The third-order valence-corrected chi connectivity index (χ3v) is 2.59. The van der Waals surface area contributed by atoms with Crippen molar-refractivity contribution < 1.29 is 19.4 Å². The minimum Gasteiger partial charge on any atom is -0.480 e. The lowest BCUT2D eigenvalue weighted by Crippen LogP contribution is -2.48. The van der Waals surface area contributed by atoms with Crippen molar-refractivity contribution in [3.63, 3.8) is 0 Å². The number of hydrogen-bond donors (Lipinski definition) is 2. The maximum Gasteiger partial charge on any atom is 0.326 e. The van der Waals surface area contributed by atoms with Crippen LogP contribution in [0.25, 0.3) is 0 Å². The van der Waals surface area contributed by atoms with E-state index in [0.717, 1.165) is 0 Å². The predicted octanol–water partition coefficient (Wildman–Crippen LogP) is -0.964. The molecule has 1 aliphatic rings. The highest BCUT2D eigenvalue weighted by Crippen LogP contribution is 2.18. The normalized spacial score (nSPS) is 22.8. The van der Waals surface area contributed by atoms with Crippen LogP contribution in [0.3, 0.4) is 0 Å². The van der Waals surface area contributed by atoms with Crippen molar-refractivity contribution in [2.45, 2.75) is 25.0 Å². The van der Waals surface area contributed by atoms with Crippen molar-refractivity contribution in [1.82, 2.24) is 4.90 Å². The SMILES string of the molecule is COC(CN)C(=O)N1CCCC1C(=O)O. The van der Waals surface area contributed by atoms with Crippen LogP contribution in [0.2, 0.25) is 0 Å². The van der Waals surface area contributed by atoms with Gasteiger partial charge in [-0.3, -0.25) is 4.79 Å². The molecule has 0 radical (unpaired) electrons.